The first kappa shape index (κ1) is 11.5. The van der Waals surface area contributed by atoms with Crippen molar-refractivity contribution < 1.29 is 0 Å². The molecular formula is C13H16N4. The highest BCUT2D eigenvalue weighted by Crippen LogP contribution is 2.13. The second-order valence-corrected chi connectivity index (χ2v) is 4.00. The first-order chi connectivity index (χ1) is 8.20. The minimum absolute atomic E-state index is 0.372. The maximum absolute atomic E-state index is 5.79. The molecule has 0 aliphatic carbocycles. The van der Waals surface area contributed by atoms with Crippen LogP contribution in [-0.4, -0.2) is 9.97 Å². The van der Waals surface area contributed by atoms with E-state index in [1.54, 1.807) is 6.20 Å². The molecule has 88 valence electrons. The van der Waals surface area contributed by atoms with Crippen molar-refractivity contribution >= 4 is 5.82 Å². The molecule has 0 saturated carbocycles. The molecule has 0 radical (unpaired) electrons. The zero-order valence-corrected chi connectivity index (χ0v) is 9.85. The summed E-state index contributed by atoms with van der Waals surface area (Å²) in [6.45, 7) is 2.45. The van der Waals surface area contributed by atoms with Gasteiger partial charge in [0.1, 0.15) is 11.6 Å². The van der Waals surface area contributed by atoms with Crippen LogP contribution < -0.4 is 11.5 Å². The highest BCUT2D eigenvalue weighted by molar-refractivity contribution is 5.38. The van der Waals surface area contributed by atoms with Gasteiger partial charge in [-0.05, 0) is 18.1 Å². The first-order valence-electron chi connectivity index (χ1n) is 5.55. The number of nitrogen functional groups attached to an aromatic ring is 1. The lowest BCUT2D eigenvalue weighted by Crippen LogP contribution is -2.08. The Kier molecular flexibility index (Phi) is 3.35. The van der Waals surface area contributed by atoms with E-state index < -0.39 is 0 Å². The Morgan fingerprint density at radius 1 is 1.18 bits per heavy atom. The fourth-order valence-electron chi connectivity index (χ4n) is 1.68. The van der Waals surface area contributed by atoms with E-state index in [4.69, 9.17) is 11.5 Å². The molecule has 0 spiro atoms. The van der Waals surface area contributed by atoms with Gasteiger partial charge in [-0.2, -0.15) is 0 Å². The lowest BCUT2D eigenvalue weighted by atomic mass is 10.1. The maximum Gasteiger partial charge on any atom is 0.135 e. The predicted octanol–water partition coefficient (Wildman–Crippen LogP) is 1.42. The highest BCUT2D eigenvalue weighted by Gasteiger charge is 2.05. The maximum atomic E-state index is 5.79. The van der Waals surface area contributed by atoms with E-state index >= 15 is 0 Å². The largest absolute Gasteiger partial charge is 0.383 e. The summed E-state index contributed by atoms with van der Waals surface area (Å²) in [5, 5.41) is 0. The number of hydrogen-bond donors (Lipinski definition) is 2. The normalized spacial score (nSPS) is 10.5. The van der Waals surface area contributed by atoms with E-state index in [1.165, 1.54) is 11.1 Å². The second-order valence-electron chi connectivity index (χ2n) is 4.00. The molecule has 0 amide bonds. The van der Waals surface area contributed by atoms with Gasteiger partial charge in [0.2, 0.25) is 0 Å². The minimum atomic E-state index is 0.372. The number of anilines is 1. The topological polar surface area (TPSA) is 77.8 Å². The zero-order chi connectivity index (χ0) is 12.3. The Labute approximate surface area is 101 Å². The van der Waals surface area contributed by atoms with Crippen LogP contribution >= 0.6 is 0 Å². The number of rotatable bonds is 3. The summed E-state index contributed by atoms with van der Waals surface area (Å²) in [5.41, 5.74) is 14.5. The zero-order valence-electron chi connectivity index (χ0n) is 9.85. The predicted molar refractivity (Wildman–Crippen MR) is 68.3 cm³/mol. The molecule has 1 aromatic carbocycles. The SMILES string of the molecule is Cc1ccccc1Cc1ncc(CN)c(N)n1. The quantitative estimate of drug-likeness (QED) is 0.832. The molecule has 2 rings (SSSR count). The second kappa shape index (κ2) is 4.93. The Hall–Kier alpha value is -1.94. The number of benzene rings is 1. The minimum Gasteiger partial charge on any atom is -0.383 e. The van der Waals surface area contributed by atoms with E-state index in [2.05, 4.69) is 29.0 Å². The van der Waals surface area contributed by atoms with Crippen LogP contribution in [0.15, 0.2) is 30.5 Å². The van der Waals surface area contributed by atoms with Crippen LogP contribution in [0.25, 0.3) is 0 Å². The number of nitrogens with two attached hydrogens (primary N) is 2. The average Bonchev–Trinajstić information content (AvgIpc) is 2.32. The molecule has 0 bridgehead atoms. The third-order valence-corrected chi connectivity index (χ3v) is 2.78. The molecule has 2 aromatic rings. The van der Waals surface area contributed by atoms with Gasteiger partial charge in [-0.15, -0.1) is 0 Å². The monoisotopic (exact) mass is 228 g/mol. The van der Waals surface area contributed by atoms with Gasteiger partial charge in [0, 0.05) is 24.7 Å². The van der Waals surface area contributed by atoms with E-state index in [-0.39, 0.29) is 0 Å². The standard InChI is InChI=1S/C13H16N4/c1-9-4-2-3-5-10(9)6-12-16-8-11(7-14)13(15)17-12/h2-5,8H,6-7,14H2,1H3,(H2,15,16,17). The summed E-state index contributed by atoms with van der Waals surface area (Å²) in [7, 11) is 0. The van der Waals surface area contributed by atoms with E-state index in [1.807, 2.05) is 12.1 Å². The molecule has 0 unspecified atom stereocenters. The summed E-state index contributed by atoms with van der Waals surface area (Å²) >= 11 is 0. The summed E-state index contributed by atoms with van der Waals surface area (Å²) < 4.78 is 0. The molecule has 17 heavy (non-hydrogen) atoms. The molecule has 0 aliphatic rings. The van der Waals surface area contributed by atoms with Gasteiger partial charge in [-0.25, -0.2) is 9.97 Å². The fourth-order valence-corrected chi connectivity index (χ4v) is 1.68. The van der Waals surface area contributed by atoms with Crippen molar-refractivity contribution in [1.29, 1.82) is 0 Å². The number of nitrogens with zero attached hydrogens (tertiary/aromatic N) is 2. The van der Waals surface area contributed by atoms with Crippen molar-refractivity contribution in [2.24, 2.45) is 5.73 Å². The number of aryl methyl sites for hydroxylation is 1. The van der Waals surface area contributed by atoms with Crippen LogP contribution in [0.5, 0.6) is 0 Å². The van der Waals surface area contributed by atoms with Gasteiger partial charge in [0.05, 0.1) is 0 Å². The van der Waals surface area contributed by atoms with Gasteiger partial charge in [0.25, 0.3) is 0 Å². The van der Waals surface area contributed by atoms with Gasteiger partial charge >= 0.3 is 0 Å². The smallest absolute Gasteiger partial charge is 0.135 e. The van der Waals surface area contributed by atoms with Gasteiger partial charge in [-0.3, -0.25) is 0 Å². The number of hydrogen-bond acceptors (Lipinski definition) is 4. The first-order valence-corrected chi connectivity index (χ1v) is 5.55. The van der Waals surface area contributed by atoms with Crippen LogP contribution in [0.2, 0.25) is 0 Å². The summed E-state index contributed by atoms with van der Waals surface area (Å²) in [5.74, 6) is 1.21. The molecule has 0 aliphatic heterocycles. The Morgan fingerprint density at radius 2 is 1.94 bits per heavy atom. The molecule has 1 heterocycles. The van der Waals surface area contributed by atoms with Crippen molar-refractivity contribution in [3.05, 3.63) is 53.0 Å². The summed E-state index contributed by atoms with van der Waals surface area (Å²) in [6, 6.07) is 8.18. The van der Waals surface area contributed by atoms with Crippen LogP contribution in [0.4, 0.5) is 5.82 Å². The Bertz CT molecular complexity index is 523. The summed E-state index contributed by atoms with van der Waals surface area (Å²) in [6.07, 6.45) is 2.40. The molecule has 0 saturated heterocycles. The van der Waals surface area contributed by atoms with Crippen LogP contribution in [0.3, 0.4) is 0 Å². The van der Waals surface area contributed by atoms with Gasteiger partial charge < -0.3 is 11.5 Å². The third kappa shape index (κ3) is 2.60. The molecule has 4 heteroatoms. The number of aromatic nitrogens is 2. The Balaban J connectivity index is 2.25. The molecule has 0 atom stereocenters. The lowest BCUT2D eigenvalue weighted by molar-refractivity contribution is 0.930. The third-order valence-electron chi connectivity index (χ3n) is 2.78. The van der Waals surface area contributed by atoms with Crippen molar-refractivity contribution in [1.82, 2.24) is 9.97 Å². The van der Waals surface area contributed by atoms with E-state index in [0.717, 1.165) is 11.4 Å². The van der Waals surface area contributed by atoms with Crippen LogP contribution in [0, 0.1) is 6.92 Å². The molecular weight excluding hydrogens is 212 g/mol. The molecule has 4 N–H and O–H groups in total. The van der Waals surface area contributed by atoms with Crippen LogP contribution in [0.1, 0.15) is 22.5 Å². The average molecular weight is 228 g/mol. The summed E-state index contributed by atoms with van der Waals surface area (Å²) in [4.78, 5) is 8.54. The molecule has 4 nitrogen and oxygen atoms in total. The van der Waals surface area contributed by atoms with Crippen molar-refractivity contribution in [3.63, 3.8) is 0 Å². The lowest BCUT2D eigenvalue weighted by Gasteiger charge is -2.06. The fraction of sp³-hybridized carbons (Fsp3) is 0.231. The van der Waals surface area contributed by atoms with Crippen molar-refractivity contribution in [3.8, 4) is 0 Å². The highest BCUT2D eigenvalue weighted by atomic mass is 14.9. The molecule has 1 aromatic heterocycles. The van der Waals surface area contributed by atoms with Crippen LogP contribution in [-0.2, 0) is 13.0 Å². The van der Waals surface area contributed by atoms with E-state index in [9.17, 15) is 0 Å². The Morgan fingerprint density at radius 3 is 2.59 bits per heavy atom. The van der Waals surface area contributed by atoms with E-state index in [0.29, 0.717) is 18.8 Å². The van der Waals surface area contributed by atoms with Crippen molar-refractivity contribution in [2.75, 3.05) is 5.73 Å². The van der Waals surface area contributed by atoms with Gasteiger partial charge in [0.15, 0.2) is 0 Å². The van der Waals surface area contributed by atoms with Crippen molar-refractivity contribution in [2.45, 2.75) is 19.9 Å². The van der Waals surface area contributed by atoms with Gasteiger partial charge in [-0.1, -0.05) is 24.3 Å². The molecule has 0 fully saturated rings.